The largest absolute Gasteiger partial charge is 0.573 e. The molecule has 0 radical (unpaired) electrons. The predicted octanol–water partition coefficient (Wildman–Crippen LogP) is 4.19. The van der Waals surface area contributed by atoms with Gasteiger partial charge in [-0.2, -0.15) is 5.10 Å². The lowest BCUT2D eigenvalue weighted by molar-refractivity contribution is -0.274. The summed E-state index contributed by atoms with van der Waals surface area (Å²) in [6.07, 6.45) is 1.93. The molecule has 2 aromatic heterocycles. The molecule has 2 aliphatic heterocycles. The van der Waals surface area contributed by atoms with Crippen molar-refractivity contribution in [1.29, 1.82) is 0 Å². The molecule has 1 saturated heterocycles. The van der Waals surface area contributed by atoms with Crippen LogP contribution in [0.3, 0.4) is 0 Å². The van der Waals surface area contributed by atoms with Gasteiger partial charge < -0.3 is 10.1 Å². The number of aromatic nitrogens is 3. The monoisotopic (exact) mass is 608 g/mol. The van der Waals surface area contributed by atoms with Crippen molar-refractivity contribution in [2.24, 2.45) is 5.92 Å². The molecule has 44 heavy (non-hydrogen) atoms. The average molecular weight is 609 g/mol. The number of rotatable bonds is 8. The molecule has 7 rings (SSSR count). The normalized spacial score (nSPS) is 23.3. The predicted molar refractivity (Wildman–Crippen MR) is 147 cm³/mol. The van der Waals surface area contributed by atoms with Gasteiger partial charge in [0, 0.05) is 42.5 Å². The molecule has 11 nitrogen and oxygen atoms in total. The van der Waals surface area contributed by atoms with E-state index in [4.69, 9.17) is 5.10 Å². The molecule has 1 aromatic carbocycles. The number of pyridine rings is 1. The van der Waals surface area contributed by atoms with Crippen LogP contribution in [0.15, 0.2) is 42.7 Å². The zero-order valence-corrected chi connectivity index (χ0v) is 23.3. The highest BCUT2D eigenvalue weighted by Gasteiger charge is 2.45. The summed E-state index contributed by atoms with van der Waals surface area (Å²) in [5.41, 5.74) is 2.49. The number of hydrogen-bond acceptors (Lipinski definition) is 8. The summed E-state index contributed by atoms with van der Waals surface area (Å²) in [7, 11) is 0. The number of imide groups is 2. The fourth-order valence-electron chi connectivity index (χ4n) is 6.16. The van der Waals surface area contributed by atoms with E-state index < -0.39 is 36.0 Å². The van der Waals surface area contributed by atoms with E-state index in [0.717, 1.165) is 36.3 Å². The molecular weight excluding hydrogens is 581 g/mol. The van der Waals surface area contributed by atoms with Crippen molar-refractivity contribution in [2.75, 3.05) is 11.9 Å². The molecule has 4 heterocycles. The van der Waals surface area contributed by atoms with Gasteiger partial charge in [0.2, 0.25) is 11.8 Å². The van der Waals surface area contributed by atoms with Crippen LogP contribution in [0.1, 0.15) is 76.9 Å². The Bertz CT molecular complexity index is 1690. The third-order valence-electron chi connectivity index (χ3n) is 8.60. The highest BCUT2D eigenvalue weighted by Crippen LogP contribution is 2.47. The van der Waals surface area contributed by atoms with Gasteiger partial charge in [0.05, 0.1) is 22.9 Å². The maximum Gasteiger partial charge on any atom is 0.573 e. The Kier molecular flexibility index (Phi) is 6.66. The number of carbonyl (C=O) groups is 4. The molecule has 2 N–H and O–H groups in total. The van der Waals surface area contributed by atoms with Crippen LogP contribution in [0, 0.1) is 5.92 Å². The third kappa shape index (κ3) is 5.18. The summed E-state index contributed by atoms with van der Waals surface area (Å²) < 4.78 is 45.2. The minimum atomic E-state index is -4.84. The second-order valence-electron chi connectivity index (χ2n) is 11.7. The van der Waals surface area contributed by atoms with E-state index in [0.29, 0.717) is 17.8 Å². The lowest BCUT2D eigenvalue weighted by Gasteiger charge is -2.35. The Balaban J connectivity index is 1.00. The topological polar surface area (TPSA) is 136 Å². The van der Waals surface area contributed by atoms with Crippen molar-refractivity contribution < 1.29 is 37.1 Å². The van der Waals surface area contributed by atoms with Gasteiger partial charge in [-0.3, -0.25) is 39.1 Å². The van der Waals surface area contributed by atoms with E-state index in [1.54, 1.807) is 24.4 Å². The Morgan fingerprint density at radius 3 is 2.50 bits per heavy atom. The molecule has 2 saturated carbocycles. The number of nitrogens with one attached hydrogen (secondary N) is 2. The van der Waals surface area contributed by atoms with E-state index >= 15 is 0 Å². The van der Waals surface area contributed by atoms with Gasteiger partial charge in [0.25, 0.3) is 11.8 Å². The molecule has 0 spiro atoms. The first-order valence-electron chi connectivity index (χ1n) is 14.5. The molecular formula is C30H27F3N6O5. The van der Waals surface area contributed by atoms with Gasteiger partial charge in [0.1, 0.15) is 11.7 Å². The molecule has 1 unspecified atom stereocenters. The highest BCUT2D eigenvalue weighted by atomic mass is 19.4. The first-order valence-corrected chi connectivity index (χ1v) is 14.5. The number of carbonyl (C=O) groups excluding carboxylic acids is 4. The Labute approximate surface area is 248 Å². The standard InChI is InChI=1S/C30H27F3N6O5/c31-30(32,33)44-23-2-1-9-34-26(23)21-14-38(37-25(21)16-3-4-16)18-10-15(11-18)13-35-17-5-6-19-20(12-17)29(43)39(28(19)42)22-7-8-24(40)36-27(22)41/h1-2,5-6,9,12,14-16,18,22,35H,3-4,7-8,10-11,13H2,(H,36,40,41). The van der Waals surface area contributed by atoms with E-state index in [1.807, 2.05) is 4.68 Å². The van der Waals surface area contributed by atoms with Gasteiger partial charge in [-0.05, 0) is 68.4 Å². The van der Waals surface area contributed by atoms with Gasteiger partial charge in [0.15, 0.2) is 5.75 Å². The molecule has 1 atom stereocenters. The first kappa shape index (κ1) is 28.0. The van der Waals surface area contributed by atoms with E-state index in [-0.39, 0.29) is 53.3 Å². The number of benzene rings is 1. The maximum atomic E-state index is 13.1. The minimum absolute atomic E-state index is 0.0530. The van der Waals surface area contributed by atoms with Crippen LogP contribution in [-0.4, -0.2) is 62.2 Å². The number of anilines is 1. The van der Waals surface area contributed by atoms with Crippen molar-refractivity contribution >= 4 is 29.3 Å². The molecule has 2 aliphatic carbocycles. The average Bonchev–Trinajstić information content (AvgIpc) is 3.66. The second kappa shape index (κ2) is 10.5. The second-order valence-corrected chi connectivity index (χ2v) is 11.7. The number of piperidine rings is 1. The molecule has 4 aliphatic rings. The fourth-order valence-corrected chi connectivity index (χ4v) is 6.16. The van der Waals surface area contributed by atoms with Crippen molar-refractivity contribution in [1.82, 2.24) is 25.0 Å². The lowest BCUT2D eigenvalue weighted by atomic mass is 9.80. The van der Waals surface area contributed by atoms with E-state index in [9.17, 15) is 32.3 Å². The van der Waals surface area contributed by atoms with Gasteiger partial charge in [-0.15, -0.1) is 13.2 Å². The number of nitrogens with zero attached hydrogens (tertiary/aromatic N) is 4. The third-order valence-corrected chi connectivity index (χ3v) is 8.60. The molecule has 4 amide bonds. The maximum absolute atomic E-state index is 13.1. The zero-order chi connectivity index (χ0) is 30.7. The smallest absolute Gasteiger partial charge is 0.403 e. The summed E-state index contributed by atoms with van der Waals surface area (Å²) in [5, 5.41) is 10.3. The minimum Gasteiger partial charge on any atom is -0.403 e. The molecule has 3 fully saturated rings. The Morgan fingerprint density at radius 2 is 1.77 bits per heavy atom. The van der Waals surface area contributed by atoms with E-state index in [2.05, 4.69) is 20.4 Å². The van der Waals surface area contributed by atoms with Gasteiger partial charge in [-0.25, -0.2) is 0 Å². The number of halogens is 3. The Morgan fingerprint density at radius 1 is 1.00 bits per heavy atom. The number of ether oxygens (including phenoxy) is 1. The first-order chi connectivity index (χ1) is 21.1. The number of alkyl halides is 3. The SMILES string of the molecule is O=C1CCC(N2C(=O)c3ccc(NCC4CC(n5cc(-c6ncccc6OC(F)(F)F)c(C6CC6)n5)C4)cc3C2=O)C(=O)N1. The number of fused-ring (bicyclic) bond motifs is 1. The van der Waals surface area contributed by atoms with E-state index in [1.165, 1.54) is 18.3 Å². The van der Waals surface area contributed by atoms with Crippen molar-refractivity contribution in [3.63, 3.8) is 0 Å². The van der Waals surface area contributed by atoms with Gasteiger partial charge >= 0.3 is 6.36 Å². The summed E-state index contributed by atoms with van der Waals surface area (Å²) in [5.74, 6) is -2.10. The number of amides is 4. The molecule has 228 valence electrons. The van der Waals surface area contributed by atoms with Crippen LogP contribution in [-0.2, 0) is 9.59 Å². The summed E-state index contributed by atoms with van der Waals surface area (Å²) in [4.78, 5) is 55.0. The van der Waals surface area contributed by atoms with Crippen molar-refractivity contribution in [3.05, 3.63) is 59.5 Å². The van der Waals surface area contributed by atoms with Gasteiger partial charge in [-0.1, -0.05) is 0 Å². The van der Waals surface area contributed by atoms with Crippen LogP contribution in [0.2, 0.25) is 0 Å². The summed E-state index contributed by atoms with van der Waals surface area (Å²) in [6, 6.07) is 6.59. The van der Waals surface area contributed by atoms with Crippen molar-refractivity contribution in [3.8, 4) is 17.0 Å². The summed E-state index contributed by atoms with van der Waals surface area (Å²) >= 11 is 0. The van der Waals surface area contributed by atoms with Crippen LogP contribution in [0.25, 0.3) is 11.3 Å². The molecule has 0 bridgehead atoms. The van der Waals surface area contributed by atoms with Crippen LogP contribution < -0.4 is 15.4 Å². The number of hydrogen-bond donors (Lipinski definition) is 2. The van der Waals surface area contributed by atoms with Crippen LogP contribution in [0.4, 0.5) is 18.9 Å². The van der Waals surface area contributed by atoms with Crippen LogP contribution >= 0.6 is 0 Å². The molecule has 14 heteroatoms. The Hall–Kier alpha value is -4.75. The summed E-state index contributed by atoms with van der Waals surface area (Å²) in [6.45, 7) is 0.599. The molecule has 3 aromatic rings. The highest BCUT2D eigenvalue weighted by molar-refractivity contribution is 6.23. The zero-order valence-electron chi connectivity index (χ0n) is 23.3. The van der Waals surface area contributed by atoms with Crippen molar-refractivity contribution in [2.45, 2.75) is 62.9 Å². The van der Waals surface area contributed by atoms with Crippen LogP contribution in [0.5, 0.6) is 5.75 Å². The lowest BCUT2D eigenvalue weighted by Crippen LogP contribution is -2.54. The quantitative estimate of drug-likeness (QED) is 0.364. The fraction of sp³-hybridized carbons (Fsp3) is 0.400.